The molecule has 0 unspecified atom stereocenters. The molecule has 0 radical (unpaired) electrons. The maximum Gasteiger partial charge on any atom is 0.354 e. The van der Waals surface area contributed by atoms with Gasteiger partial charge in [-0.15, -0.1) is 0 Å². The van der Waals surface area contributed by atoms with E-state index >= 15 is 0 Å². The van der Waals surface area contributed by atoms with Gasteiger partial charge >= 0.3 is 5.97 Å². The highest BCUT2D eigenvalue weighted by Crippen LogP contribution is 2.19. The molecule has 0 bridgehead atoms. The van der Waals surface area contributed by atoms with Crippen molar-refractivity contribution in [2.24, 2.45) is 5.10 Å². The van der Waals surface area contributed by atoms with E-state index in [1.165, 1.54) is 0 Å². The van der Waals surface area contributed by atoms with E-state index in [-0.39, 0.29) is 24.5 Å². The minimum atomic E-state index is -0.769. The Morgan fingerprint density at radius 2 is 1.44 bits per heavy atom. The Balaban J connectivity index is 1.72. The lowest BCUT2D eigenvalue weighted by atomic mass is 10.0. The van der Waals surface area contributed by atoms with E-state index in [9.17, 15) is 14.4 Å². The smallest absolute Gasteiger partial charge is 0.354 e. The van der Waals surface area contributed by atoms with Gasteiger partial charge in [0, 0.05) is 16.1 Å². The molecule has 0 aliphatic rings. The van der Waals surface area contributed by atoms with Crippen LogP contribution in [-0.4, -0.2) is 30.0 Å². The summed E-state index contributed by atoms with van der Waals surface area (Å²) in [6, 6.07) is 23.0. The van der Waals surface area contributed by atoms with E-state index in [1.807, 2.05) is 42.5 Å². The third kappa shape index (κ3) is 6.12. The monoisotopic (exact) mass is 448 g/mol. The minimum absolute atomic E-state index is 0.113. The summed E-state index contributed by atoms with van der Waals surface area (Å²) in [7, 11) is 0. The van der Waals surface area contributed by atoms with Crippen LogP contribution in [0.15, 0.2) is 84.0 Å². The van der Waals surface area contributed by atoms with Crippen molar-refractivity contribution < 1.29 is 19.1 Å². The molecule has 0 saturated heterocycles. The summed E-state index contributed by atoms with van der Waals surface area (Å²) in [4.78, 5) is 37.3. The van der Waals surface area contributed by atoms with Crippen molar-refractivity contribution in [1.29, 1.82) is 0 Å². The summed E-state index contributed by atoms with van der Waals surface area (Å²) in [5, 5.41) is 4.37. The number of ketones is 1. The van der Waals surface area contributed by atoms with E-state index in [4.69, 9.17) is 16.3 Å². The number of nitrogens with one attached hydrogen (secondary N) is 1. The van der Waals surface area contributed by atoms with E-state index in [2.05, 4.69) is 10.5 Å². The molecular weight excluding hydrogens is 428 g/mol. The van der Waals surface area contributed by atoms with Crippen molar-refractivity contribution in [2.45, 2.75) is 13.3 Å². The highest BCUT2D eigenvalue weighted by Gasteiger charge is 2.19. The lowest BCUT2D eigenvalue weighted by molar-refractivity contribution is -0.135. The molecule has 3 aromatic rings. The van der Waals surface area contributed by atoms with Crippen molar-refractivity contribution in [3.8, 4) is 11.1 Å². The average Bonchev–Trinajstić information content (AvgIpc) is 2.82. The summed E-state index contributed by atoms with van der Waals surface area (Å²) in [5.41, 5.74) is 4.87. The Morgan fingerprint density at radius 1 is 0.844 bits per heavy atom. The van der Waals surface area contributed by atoms with Gasteiger partial charge in [0.05, 0.1) is 13.0 Å². The molecule has 3 rings (SSSR count). The van der Waals surface area contributed by atoms with Crippen LogP contribution >= 0.6 is 11.6 Å². The van der Waals surface area contributed by atoms with Gasteiger partial charge in [-0.25, -0.2) is 10.2 Å². The highest BCUT2D eigenvalue weighted by molar-refractivity contribution is 6.40. The zero-order valence-electron chi connectivity index (χ0n) is 17.4. The number of rotatable bonds is 8. The number of halogens is 1. The molecule has 0 aliphatic carbocycles. The van der Waals surface area contributed by atoms with Crippen LogP contribution in [0.25, 0.3) is 11.1 Å². The molecule has 0 atom stereocenters. The Bertz CT molecular complexity index is 1120. The zero-order valence-corrected chi connectivity index (χ0v) is 18.1. The first kappa shape index (κ1) is 22.9. The molecule has 0 saturated carbocycles. The van der Waals surface area contributed by atoms with E-state index in [1.54, 1.807) is 43.3 Å². The second-order valence-electron chi connectivity index (χ2n) is 6.77. The number of carbonyl (C=O) groups is 3. The SMILES string of the molecule is CCOC(=O)/C(CC(=O)c1ccc(Cl)cc1)=N\NC(=O)c1ccc(-c2ccccc2)cc1. The van der Waals surface area contributed by atoms with Gasteiger partial charge < -0.3 is 4.74 Å². The zero-order chi connectivity index (χ0) is 22.9. The van der Waals surface area contributed by atoms with Crippen molar-refractivity contribution >= 4 is 35.0 Å². The van der Waals surface area contributed by atoms with Gasteiger partial charge in [0.25, 0.3) is 5.91 Å². The maximum atomic E-state index is 12.5. The number of amides is 1. The van der Waals surface area contributed by atoms with Gasteiger partial charge in [-0.3, -0.25) is 9.59 Å². The molecule has 162 valence electrons. The number of hydrogen-bond donors (Lipinski definition) is 1. The number of Topliss-reactive ketones (excluding diaryl/α,β-unsaturated/α-hetero) is 1. The lowest BCUT2D eigenvalue weighted by Gasteiger charge is -2.07. The first-order valence-electron chi connectivity index (χ1n) is 9.96. The number of carbonyl (C=O) groups excluding carboxylic acids is 3. The standard InChI is InChI=1S/C25H21ClN2O4/c1-2-32-25(31)22(16-23(29)19-12-14-21(26)15-13-19)27-28-24(30)20-10-8-18(9-11-20)17-6-4-3-5-7-17/h3-15H,2,16H2,1H3,(H,28,30)/b27-22-. The molecule has 7 heteroatoms. The van der Waals surface area contributed by atoms with E-state index in [0.29, 0.717) is 16.1 Å². The normalized spacial score (nSPS) is 11.0. The number of hydrazone groups is 1. The van der Waals surface area contributed by atoms with Crippen LogP contribution in [0.4, 0.5) is 0 Å². The first-order valence-corrected chi connectivity index (χ1v) is 10.3. The Kier molecular flexibility index (Phi) is 7.89. The molecule has 0 fully saturated rings. The van der Waals surface area contributed by atoms with Crippen LogP contribution in [0.1, 0.15) is 34.1 Å². The molecule has 3 aromatic carbocycles. The minimum Gasteiger partial charge on any atom is -0.461 e. The van der Waals surface area contributed by atoms with Crippen LogP contribution in [-0.2, 0) is 9.53 Å². The molecule has 1 amide bonds. The molecule has 0 heterocycles. The number of benzene rings is 3. The van der Waals surface area contributed by atoms with Crippen LogP contribution in [0.5, 0.6) is 0 Å². The Hall–Kier alpha value is -3.77. The summed E-state index contributed by atoms with van der Waals surface area (Å²) in [6.45, 7) is 1.76. The van der Waals surface area contributed by atoms with Gasteiger partial charge in [-0.2, -0.15) is 5.10 Å². The van der Waals surface area contributed by atoms with Crippen LogP contribution in [0.2, 0.25) is 5.02 Å². The molecule has 0 aromatic heterocycles. The second kappa shape index (κ2) is 11.0. The Morgan fingerprint density at radius 3 is 2.06 bits per heavy atom. The highest BCUT2D eigenvalue weighted by atomic mass is 35.5. The molecule has 32 heavy (non-hydrogen) atoms. The fraction of sp³-hybridized carbons (Fsp3) is 0.120. The third-order valence-electron chi connectivity index (χ3n) is 4.55. The van der Waals surface area contributed by atoms with Gasteiger partial charge in [-0.05, 0) is 54.4 Å². The summed E-state index contributed by atoms with van der Waals surface area (Å²) in [5.74, 6) is -1.63. The second-order valence-corrected chi connectivity index (χ2v) is 7.21. The maximum absolute atomic E-state index is 12.5. The largest absolute Gasteiger partial charge is 0.461 e. The van der Waals surface area contributed by atoms with E-state index < -0.39 is 11.9 Å². The van der Waals surface area contributed by atoms with Crippen molar-refractivity contribution in [1.82, 2.24) is 5.43 Å². The van der Waals surface area contributed by atoms with Gasteiger partial charge in [0.1, 0.15) is 0 Å². The van der Waals surface area contributed by atoms with Crippen LogP contribution in [0.3, 0.4) is 0 Å². The summed E-state index contributed by atoms with van der Waals surface area (Å²) >= 11 is 5.84. The topological polar surface area (TPSA) is 84.8 Å². The van der Waals surface area contributed by atoms with Gasteiger partial charge in [0.2, 0.25) is 0 Å². The number of esters is 1. The number of nitrogens with zero attached hydrogens (tertiary/aromatic N) is 1. The predicted octanol–water partition coefficient (Wildman–Crippen LogP) is 4.93. The fourth-order valence-electron chi connectivity index (χ4n) is 2.89. The quantitative estimate of drug-likeness (QED) is 0.229. The first-order chi connectivity index (χ1) is 15.5. The predicted molar refractivity (Wildman–Crippen MR) is 124 cm³/mol. The number of hydrogen-bond acceptors (Lipinski definition) is 5. The van der Waals surface area contributed by atoms with Crippen LogP contribution in [0, 0.1) is 0 Å². The summed E-state index contributed by atoms with van der Waals surface area (Å²) < 4.78 is 4.97. The van der Waals surface area contributed by atoms with Gasteiger partial charge in [-0.1, -0.05) is 54.1 Å². The molecule has 0 aliphatic heterocycles. The fourth-order valence-corrected chi connectivity index (χ4v) is 3.02. The molecule has 6 nitrogen and oxygen atoms in total. The average molecular weight is 449 g/mol. The van der Waals surface area contributed by atoms with Crippen molar-refractivity contribution in [3.05, 3.63) is 95.0 Å². The molecular formula is C25H21ClN2O4. The lowest BCUT2D eigenvalue weighted by Crippen LogP contribution is -2.26. The molecule has 1 N–H and O–H groups in total. The Labute approximate surface area is 190 Å². The van der Waals surface area contributed by atoms with Crippen LogP contribution < -0.4 is 5.43 Å². The number of ether oxygens (including phenoxy) is 1. The molecule has 0 spiro atoms. The third-order valence-corrected chi connectivity index (χ3v) is 4.80. The van der Waals surface area contributed by atoms with E-state index in [0.717, 1.165) is 11.1 Å². The van der Waals surface area contributed by atoms with Crippen molar-refractivity contribution in [3.63, 3.8) is 0 Å². The summed E-state index contributed by atoms with van der Waals surface area (Å²) in [6.07, 6.45) is -0.326. The van der Waals surface area contributed by atoms with Crippen molar-refractivity contribution in [2.75, 3.05) is 6.61 Å². The van der Waals surface area contributed by atoms with Gasteiger partial charge in [0.15, 0.2) is 11.5 Å².